The summed E-state index contributed by atoms with van der Waals surface area (Å²) in [6.07, 6.45) is 6.22. The monoisotopic (exact) mass is 520 g/mol. The van der Waals surface area contributed by atoms with Gasteiger partial charge in [-0.15, -0.1) is 0 Å². The van der Waals surface area contributed by atoms with Crippen molar-refractivity contribution in [2.24, 2.45) is 5.73 Å². The number of carbonyl (C=O) groups is 1. The number of aromatic nitrogens is 2. The molecule has 0 spiro atoms. The number of hydrogen-bond donors (Lipinski definition) is 2. The molecule has 5 rings (SSSR count). The molecule has 10 heteroatoms. The maximum absolute atomic E-state index is 15.0. The number of ether oxygens (including phenoxy) is 3. The van der Waals surface area contributed by atoms with Crippen molar-refractivity contribution in [3.8, 4) is 23.0 Å². The molecule has 2 heterocycles. The summed E-state index contributed by atoms with van der Waals surface area (Å²) in [5, 5.41) is 3.03. The van der Waals surface area contributed by atoms with Crippen molar-refractivity contribution in [3.05, 3.63) is 78.3 Å². The zero-order valence-electron chi connectivity index (χ0n) is 20.8. The lowest BCUT2D eigenvalue weighted by molar-refractivity contribution is 0.102. The number of benzene rings is 2. The fraction of sp³-hybridized carbons (Fsp3) is 0.250. The summed E-state index contributed by atoms with van der Waals surface area (Å²) in [7, 11) is 0. The van der Waals surface area contributed by atoms with Gasteiger partial charge in [0.25, 0.3) is 5.91 Å². The Morgan fingerprint density at radius 2 is 1.82 bits per heavy atom. The Labute approximate surface area is 217 Å². The van der Waals surface area contributed by atoms with Crippen molar-refractivity contribution in [2.45, 2.75) is 38.4 Å². The van der Waals surface area contributed by atoms with Gasteiger partial charge in [0, 0.05) is 54.4 Å². The smallest absolute Gasteiger partial charge is 0.261 e. The molecule has 1 aliphatic carbocycles. The second kappa shape index (κ2) is 10.2. The van der Waals surface area contributed by atoms with Gasteiger partial charge in [0.15, 0.2) is 17.4 Å². The van der Waals surface area contributed by atoms with Crippen LogP contribution in [0.3, 0.4) is 0 Å². The van der Waals surface area contributed by atoms with Gasteiger partial charge in [-0.2, -0.15) is 0 Å². The molecule has 1 fully saturated rings. The summed E-state index contributed by atoms with van der Waals surface area (Å²) in [6, 6.07) is 10.2. The zero-order chi connectivity index (χ0) is 26.9. The molecule has 0 saturated heterocycles. The number of carbonyl (C=O) groups excluding carboxylic acids is 1. The van der Waals surface area contributed by atoms with E-state index in [2.05, 4.69) is 15.3 Å². The van der Waals surface area contributed by atoms with E-state index in [1.807, 2.05) is 13.8 Å². The van der Waals surface area contributed by atoms with Crippen LogP contribution in [-0.2, 0) is 0 Å². The highest BCUT2D eigenvalue weighted by molar-refractivity contribution is 6.06. The second-order valence-electron chi connectivity index (χ2n) is 9.57. The predicted octanol–water partition coefficient (Wildman–Crippen LogP) is 5.61. The number of pyridine rings is 2. The minimum atomic E-state index is -0.990. The zero-order valence-corrected chi connectivity index (χ0v) is 20.8. The van der Waals surface area contributed by atoms with Crippen LogP contribution in [0.1, 0.15) is 37.0 Å². The number of rotatable bonds is 9. The molecule has 8 nitrogen and oxygen atoms in total. The molecule has 1 aliphatic rings. The van der Waals surface area contributed by atoms with E-state index in [4.69, 9.17) is 19.9 Å². The largest absolute Gasteiger partial charge is 0.489 e. The number of hydrogen-bond acceptors (Lipinski definition) is 7. The normalized spacial score (nSPS) is 13.3. The molecule has 2 aromatic carbocycles. The van der Waals surface area contributed by atoms with Crippen LogP contribution in [0.15, 0.2) is 61.1 Å². The Morgan fingerprint density at radius 3 is 2.53 bits per heavy atom. The minimum absolute atomic E-state index is 0.0661. The molecule has 2 aromatic heterocycles. The maximum atomic E-state index is 15.0. The number of halogens is 2. The van der Waals surface area contributed by atoms with Gasteiger partial charge in [0.1, 0.15) is 22.8 Å². The van der Waals surface area contributed by atoms with Crippen LogP contribution in [0.4, 0.5) is 14.5 Å². The first-order valence-corrected chi connectivity index (χ1v) is 12.1. The van der Waals surface area contributed by atoms with Crippen molar-refractivity contribution in [2.75, 3.05) is 11.9 Å². The Bertz CT molecular complexity index is 1480. The lowest BCUT2D eigenvalue weighted by atomic mass is 10.1. The summed E-state index contributed by atoms with van der Waals surface area (Å²) >= 11 is 0. The SMILES string of the molecule is CC(C)(CN)Oc1ccc2c(Oc3c(F)cc(NC(=O)c4cnccc4OC4CC4)cc3F)ccnc2c1. The quantitative estimate of drug-likeness (QED) is 0.295. The van der Waals surface area contributed by atoms with Crippen LogP contribution in [-0.4, -0.2) is 34.1 Å². The lowest BCUT2D eigenvalue weighted by Crippen LogP contribution is -2.37. The topological polar surface area (TPSA) is 109 Å². The third-order valence-electron chi connectivity index (χ3n) is 5.87. The summed E-state index contributed by atoms with van der Waals surface area (Å²) in [5.41, 5.74) is 5.76. The second-order valence-corrected chi connectivity index (χ2v) is 9.57. The number of fused-ring (bicyclic) bond motifs is 1. The third-order valence-corrected chi connectivity index (χ3v) is 5.87. The van der Waals surface area contributed by atoms with E-state index in [9.17, 15) is 13.6 Å². The molecule has 38 heavy (non-hydrogen) atoms. The highest BCUT2D eigenvalue weighted by Gasteiger charge is 2.26. The number of nitrogens with zero attached hydrogens (tertiary/aromatic N) is 2. The standard InChI is InChI=1S/C28H26F2N4O4/c1-28(2,15-31)38-18-5-6-19-23(13-18)33-10-8-24(19)37-26-21(29)11-16(12-22(26)30)34-27(35)20-14-32-9-7-25(20)36-17-3-4-17/h5-14,17H,3-4,15,31H2,1-2H3,(H,34,35). The van der Waals surface area contributed by atoms with Crippen LogP contribution in [0, 0.1) is 11.6 Å². The first kappa shape index (κ1) is 25.3. The minimum Gasteiger partial charge on any atom is -0.489 e. The van der Waals surface area contributed by atoms with Crippen molar-refractivity contribution in [1.29, 1.82) is 0 Å². The summed E-state index contributed by atoms with van der Waals surface area (Å²) in [5.74, 6) is -2.08. The van der Waals surface area contributed by atoms with E-state index in [-0.39, 0.29) is 23.1 Å². The molecule has 0 aliphatic heterocycles. The molecule has 0 unspecified atom stereocenters. The maximum Gasteiger partial charge on any atom is 0.261 e. The van der Waals surface area contributed by atoms with E-state index >= 15 is 0 Å². The van der Waals surface area contributed by atoms with Gasteiger partial charge < -0.3 is 25.3 Å². The van der Waals surface area contributed by atoms with E-state index in [1.165, 1.54) is 24.7 Å². The lowest BCUT2D eigenvalue weighted by Gasteiger charge is -2.24. The number of nitrogens with two attached hydrogens (primary N) is 1. The molecule has 0 atom stereocenters. The molecule has 0 bridgehead atoms. The van der Waals surface area contributed by atoms with Crippen molar-refractivity contribution >= 4 is 22.5 Å². The molecule has 3 N–H and O–H groups in total. The first-order valence-electron chi connectivity index (χ1n) is 12.1. The number of anilines is 1. The van der Waals surface area contributed by atoms with Gasteiger partial charge in [0.2, 0.25) is 0 Å². The highest BCUT2D eigenvalue weighted by atomic mass is 19.1. The molecule has 4 aromatic rings. The van der Waals surface area contributed by atoms with Crippen molar-refractivity contribution < 1.29 is 27.8 Å². The van der Waals surface area contributed by atoms with E-state index < -0.39 is 28.9 Å². The van der Waals surface area contributed by atoms with E-state index in [0.29, 0.717) is 28.9 Å². The van der Waals surface area contributed by atoms with Gasteiger partial charge in [-0.1, -0.05) is 0 Å². The van der Waals surface area contributed by atoms with Crippen LogP contribution >= 0.6 is 0 Å². The van der Waals surface area contributed by atoms with Crippen molar-refractivity contribution in [3.63, 3.8) is 0 Å². The van der Waals surface area contributed by atoms with Gasteiger partial charge in [-0.3, -0.25) is 14.8 Å². The van der Waals surface area contributed by atoms with Crippen LogP contribution in [0.5, 0.6) is 23.0 Å². The fourth-order valence-corrected chi connectivity index (χ4v) is 3.67. The number of amides is 1. The van der Waals surface area contributed by atoms with Gasteiger partial charge in [-0.05, 0) is 51.0 Å². The molecule has 196 valence electrons. The Morgan fingerprint density at radius 1 is 1.08 bits per heavy atom. The highest BCUT2D eigenvalue weighted by Crippen LogP contribution is 2.35. The van der Waals surface area contributed by atoms with Crippen LogP contribution in [0.25, 0.3) is 10.9 Å². The van der Waals surface area contributed by atoms with Crippen molar-refractivity contribution in [1.82, 2.24) is 9.97 Å². The van der Waals surface area contributed by atoms with Crippen LogP contribution in [0.2, 0.25) is 0 Å². The average Bonchev–Trinajstić information content (AvgIpc) is 3.70. The molecule has 0 radical (unpaired) electrons. The van der Waals surface area contributed by atoms with Gasteiger partial charge >= 0.3 is 0 Å². The third kappa shape index (κ3) is 5.65. The Balaban J connectivity index is 1.36. The van der Waals surface area contributed by atoms with Gasteiger partial charge in [0.05, 0.1) is 17.2 Å². The fourth-order valence-electron chi connectivity index (χ4n) is 3.67. The molecular formula is C28H26F2N4O4. The number of nitrogens with one attached hydrogen (secondary N) is 1. The Hall–Kier alpha value is -4.31. The van der Waals surface area contributed by atoms with E-state index in [0.717, 1.165) is 25.0 Å². The molecule has 1 amide bonds. The van der Waals surface area contributed by atoms with Gasteiger partial charge in [-0.25, -0.2) is 8.78 Å². The summed E-state index contributed by atoms with van der Waals surface area (Å²) < 4.78 is 47.3. The summed E-state index contributed by atoms with van der Waals surface area (Å²) in [4.78, 5) is 21.0. The first-order chi connectivity index (χ1) is 18.2. The van der Waals surface area contributed by atoms with Crippen LogP contribution < -0.4 is 25.3 Å². The average molecular weight is 521 g/mol. The Kier molecular flexibility index (Phi) is 6.81. The molecule has 1 saturated carbocycles. The van der Waals surface area contributed by atoms with E-state index in [1.54, 1.807) is 24.3 Å². The summed E-state index contributed by atoms with van der Waals surface area (Å²) in [6.45, 7) is 4.03. The molecular weight excluding hydrogens is 494 g/mol. The predicted molar refractivity (Wildman–Crippen MR) is 138 cm³/mol.